The highest BCUT2D eigenvalue weighted by atomic mass is 79.9. The lowest BCUT2D eigenvalue weighted by molar-refractivity contribution is -0.145. The molecule has 1 aliphatic rings. The molecule has 1 atom stereocenters. The zero-order chi connectivity index (χ0) is 13.9. The molecular formula is C9H12BrF2NO4S. The van der Waals surface area contributed by atoms with Crippen LogP contribution < -0.4 is 0 Å². The van der Waals surface area contributed by atoms with E-state index in [0.717, 1.165) is 4.90 Å². The number of rotatable bonds is 4. The van der Waals surface area contributed by atoms with Gasteiger partial charge in [-0.1, -0.05) is 15.9 Å². The summed E-state index contributed by atoms with van der Waals surface area (Å²) < 4.78 is 47.6. The molecule has 18 heavy (non-hydrogen) atoms. The average molecular weight is 348 g/mol. The molecule has 9 heteroatoms. The number of nitrogens with zero attached hydrogens (tertiary/aromatic N) is 1. The van der Waals surface area contributed by atoms with Gasteiger partial charge < -0.3 is 4.90 Å². The molecule has 0 aliphatic carbocycles. The Bertz CT molecular complexity index is 440. The minimum absolute atomic E-state index is 0.000255. The van der Waals surface area contributed by atoms with E-state index < -0.39 is 34.0 Å². The van der Waals surface area contributed by atoms with Gasteiger partial charge in [0, 0.05) is 13.0 Å². The second kappa shape index (κ2) is 6.05. The first kappa shape index (κ1) is 15.5. The molecule has 0 aromatic carbocycles. The van der Waals surface area contributed by atoms with E-state index in [0.29, 0.717) is 0 Å². The lowest BCUT2D eigenvalue weighted by Crippen LogP contribution is -2.53. The Morgan fingerprint density at radius 3 is 2.50 bits per heavy atom. The van der Waals surface area contributed by atoms with E-state index in [4.69, 9.17) is 0 Å². The molecule has 1 aliphatic heterocycles. The fourth-order valence-electron chi connectivity index (χ4n) is 1.79. The average Bonchev–Trinajstić information content (AvgIpc) is 2.27. The Labute approximate surface area is 112 Å². The van der Waals surface area contributed by atoms with Gasteiger partial charge in [-0.05, 0) is 0 Å². The van der Waals surface area contributed by atoms with Gasteiger partial charge in [0.15, 0.2) is 9.84 Å². The third-order valence-corrected chi connectivity index (χ3v) is 4.94. The van der Waals surface area contributed by atoms with Crippen LogP contribution in [0.5, 0.6) is 0 Å². The number of carbonyl (C=O) groups excluding carboxylic acids is 2. The first-order chi connectivity index (χ1) is 8.26. The van der Waals surface area contributed by atoms with E-state index in [1.54, 1.807) is 0 Å². The van der Waals surface area contributed by atoms with E-state index >= 15 is 0 Å². The van der Waals surface area contributed by atoms with Crippen LogP contribution in [0.2, 0.25) is 0 Å². The summed E-state index contributed by atoms with van der Waals surface area (Å²) in [4.78, 5) is 23.3. The molecule has 0 N–H and O–H groups in total. The fraction of sp³-hybridized carbons (Fsp3) is 0.778. The second-order valence-corrected chi connectivity index (χ2v) is 6.77. The number of carbonyl (C=O) groups is 2. The van der Waals surface area contributed by atoms with Gasteiger partial charge in [0.1, 0.15) is 5.78 Å². The largest absolute Gasteiger partial charge is 0.332 e. The maximum atomic E-state index is 12.4. The highest BCUT2D eigenvalue weighted by Gasteiger charge is 2.37. The summed E-state index contributed by atoms with van der Waals surface area (Å²) in [6, 6.07) is -0.990. The van der Waals surface area contributed by atoms with Crippen molar-refractivity contribution in [1.29, 1.82) is 0 Å². The van der Waals surface area contributed by atoms with Crippen molar-refractivity contribution in [3.05, 3.63) is 0 Å². The van der Waals surface area contributed by atoms with Crippen molar-refractivity contribution in [3.8, 4) is 0 Å². The molecule has 1 heterocycles. The number of amides is 1. The second-order valence-electron chi connectivity index (χ2n) is 3.98. The van der Waals surface area contributed by atoms with Crippen molar-refractivity contribution in [2.24, 2.45) is 0 Å². The monoisotopic (exact) mass is 347 g/mol. The highest BCUT2D eigenvalue weighted by Crippen LogP contribution is 2.18. The van der Waals surface area contributed by atoms with Crippen LogP contribution in [0, 0.1) is 0 Å². The summed E-state index contributed by atoms with van der Waals surface area (Å²) >= 11 is 2.91. The zero-order valence-corrected chi connectivity index (χ0v) is 11.7. The van der Waals surface area contributed by atoms with Gasteiger partial charge in [0.25, 0.3) is 5.91 Å². The molecule has 0 saturated carbocycles. The van der Waals surface area contributed by atoms with Gasteiger partial charge in [0.05, 0.1) is 22.9 Å². The minimum Gasteiger partial charge on any atom is -0.332 e. The van der Waals surface area contributed by atoms with Crippen molar-refractivity contribution in [2.45, 2.75) is 18.9 Å². The third kappa shape index (κ3) is 3.98. The zero-order valence-electron chi connectivity index (χ0n) is 9.31. The quantitative estimate of drug-likeness (QED) is 0.682. The summed E-state index contributed by atoms with van der Waals surface area (Å²) in [5, 5.41) is 0.000255. The first-order valence-corrected chi connectivity index (χ1v) is 8.08. The molecule has 0 radical (unpaired) electrons. The molecule has 1 rings (SSSR count). The summed E-state index contributed by atoms with van der Waals surface area (Å²) in [5.41, 5.74) is 0. The standard InChI is InChI=1S/C9H12BrF2NO4S/c10-4-7(14)3-6-5-18(16,17)2-1-13(6)9(15)8(11)12/h6,8H,1-5H2. The Hall–Kier alpha value is -0.570. The molecule has 0 spiro atoms. The number of alkyl halides is 3. The van der Waals surface area contributed by atoms with Gasteiger partial charge in [-0.3, -0.25) is 9.59 Å². The van der Waals surface area contributed by atoms with Crippen molar-refractivity contribution in [1.82, 2.24) is 4.90 Å². The SMILES string of the molecule is O=C(CBr)CC1CS(=O)(=O)CCN1C(=O)C(F)F. The van der Waals surface area contributed by atoms with Gasteiger partial charge in [-0.15, -0.1) is 0 Å². The number of Topliss-reactive ketones (excluding diaryl/α,β-unsaturated/α-hetero) is 1. The van der Waals surface area contributed by atoms with Crippen molar-refractivity contribution in [3.63, 3.8) is 0 Å². The Morgan fingerprint density at radius 2 is 2.00 bits per heavy atom. The van der Waals surface area contributed by atoms with Crippen molar-refractivity contribution >= 4 is 37.5 Å². The molecule has 1 unspecified atom stereocenters. The van der Waals surface area contributed by atoms with Gasteiger partial charge in [0.2, 0.25) is 0 Å². The van der Waals surface area contributed by atoms with E-state index in [2.05, 4.69) is 15.9 Å². The van der Waals surface area contributed by atoms with Crippen LogP contribution in [-0.2, 0) is 19.4 Å². The minimum atomic E-state index is -3.38. The summed E-state index contributed by atoms with van der Waals surface area (Å²) in [6.07, 6.45) is -3.42. The van der Waals surface area contributed by atoms with Crippen molar-refractivity contribution in [2.75, 3.05) is 23.4 Å². The van der Waals surface area contributed by atoms with E-state index in [1.165, 1.54) is 0 Å². The van der Waals surface area contributed by atoms with Gasteiger partial charge >= 0.3 is 6.43 Å². The predicted molar refractivity (Wildman–Crippen MR) is 63.6 cm³/mol. The van der Waals surface area contributed by atoms with Crippen LogP contribution >= 0.6 is 15.9 Å². The summed E-state index contributed by atoms with van der Waals surface area (Å²) in [6.45, 7) is -0.286. The highest BCUT2D eigenvalue weighted by molar-refractivity contribution is 9.09. The normalized spacial score (nSPS) is 23.1. The van der Waals surface area contributed by atoms with Crippen LogP contribution in [0.3, 0.4) is 0 Å². The van der Waals surface area contributed by atoms with Crippen molar-refractivity contribution < 1.29 is 26.8 Å². The number of halogens is 3. The van der Waals surface area contributed by atoms with Crippen LogP contribution in [0.15, 0.2) is 0 Å². The van der Waals surface area contributed by atoms with E-state index in [1.807, 2.05) is 0 Å². The number of hydrogen-bond acceptors (Lipinski definition) is 4. The molecule has 0 aromatic rings. The van der Waals surface area contributed by atoms with Gasteiger partial charge in [-0.25, -0.2) is 8.42 Å². The lowest BCUT2D eigenvalue weighted by Gasteiger charge is -2.34. The van der Waals surface area contributed by atoms with Crippen LogP contribution in [0.25, 0.3) is 0 Å². The van der Waals surface area contributed by atoms with E-state index in [-0.39, 0.29) is 29.8 Å². The summed E-state index contributed by atoms with van der Waals surface area (Å²) in [5.74, 6) is -2.53. The van der Waals surface area contributed by atoms with Crippen LogP contribution in [0.4, 0.5) is 8.78 Å². The smallest absolute Gasteiger partial charge is 0.315 e. The number of hydrogen-bond donors (Lipinski definition) is 0. The molecule has 0 bridgehead atoms. The first-order valence-electron chi connectivity index (χ1n) is 5.13. The van der Waals surface area contributed by atoms with Gasteiger partial charge in [-0.2, -0.15) is 8.78 Å². The Kier molecular flexibility index (Phi) is 5.20. The topological polar surface area (TPSA) is 71.5 Å². The van der Waals surface area contributed by atoms with Crippen LogP contribution in [-0.4, -0.2) is 60.9 Å². The lowest BCUT2D eigenvalue weighted by atomic mass is 10.1. The molecular weight excluding hydrogens is 336 g/mol. The molecule has 1 amide bonds. The number of sulfone groups is 1. The Balaban J connectivity index is 2.87. The molecule has 0 aromatic heterocycles. The predicted octanol–water partition coefficient (Wildman–Crippen LogP) is 0.231. The maximum Gasteiger partial charge on any atom is 0.315 e. The number of ketones is 1. The fourth-order valence-corrected chi connectivity index (χ4v) is 3.54. The van der Waals surface area contributed by atoms with E-state index in [9.17, 15) is 26.8 Å². The summed E-state index contributed by atoms with van der Waals surface area (Å²) in [7, 11) is -3.38. The van der Waals surface area contributed by atoms with Crippen LogP contribution in [0.1, 0.15) is 6.42 Å². The maximum absolute atomic E-state index is 12.4. The third-order valence-electron chi connectivity index (χ3n) is 2.61. The Morgan fingerprint density at radius 1 is 1.39 bits per heavy atom. The molecule has 5 nitrogen and oxygen atoms in total. The molecule has 104 valence electrons. The molecule has 1 saturated heterocycles. The molecule has 1 fully saturated rings.